The summed E-state index contributed by atoms with van der Waals surface area (Å²) >= 11 is 6.15. The van der Waals surface area contributed by atoms with Gasteiger partial charge in [0.05, 0.1) is 6.20 Å². The van der Waals surface area contributed by atoms with E-state index in [9.17, 15) is 0 Å². The van der Waals surface area contributed by atoms with Crippen molar-refractivity contribution in [3.8, 4) is 5.75 Å². The van der Waals surface area contributed by atoms with Crippen molar-refractivity contribution < 1.29 is 4.74 Å². The minimum Gasteiger partial charge on any atom is -0.488 e. The number of rotatable bonds is 6. The summed E-state index contributed by atoms with van der Waals surface area (Å²) in [7, 11) is 0. The van der Waals surface area contributed by atoms with Crippen molar-refractivity contribution in [3.05, 3.63) is 59.4 Å². The lowest BCUT2D eigenvalue weighted by Gasteiger charge is -2.43. The number of piperidine rings is 1. The van der Waals surface area contributed by atoms with E-state index in [1.165, 1.54) is 37.7 Å². The third-order valence-corrected chi connectivity index (χ3v) is 6.22. The van der Waals surface area contributed by atoms with Gasteiger partial charge in [0.15, 0.2) is 0 Å². The minimum atomic E-state index is 0.165. The molecule has 0 amide bonds. The maximum Gasteiger partial charge on any atom is 0.138 e. The molecule has 3 nitrogen and oxygen atoms in total. The summed E-state index contributed by atoms with van der Waals surface area (Å²) in [5, 5.41) is 4.37. The summed E-state index contributed by atoms with van der Waals surface area (Å²) in [5.74, 6) is 2.50. The highest BCUT2D eigenvalue weighted by Crippen LogP contribution is 2.45. The van der Waals surface area contributed by atoms with Gasteiger partial charge in [0, 0.05) is 29.6 Å². The predicted molar refractivity (Wildman–Crippen MR) is 106 cm³/mol. The third-order valence-electron chi connectivity index (χ3n) is 5.97. The van der Waals surface area contributed by atoms with E-state index >= 15 is 0 Å². The Hall–Kier alpha value is -1.58. The Morgan fingerprint density at radius 3 is 2.46 bits per heavy atom. The van der Waals surface area contributed by atoms with Crippen LogP contribution in [0.15, 0.2) is 48.8 Å². The fourth-order valence-corrected chi connectivity index (χ4v) is 4.54. The number of nitrogens with zero attached hydrogens (tertiary/aromatic N) is 1. The molecule has 0 spiro atoms. The molecule has 1 aliphatic heterocycles. The van der Waals surface area contributed by atoms with Gasteiger partial charge in [0.25, 0.3) is 0 Å². The average Bonchev–Trinajstić information content (AvgIpc) is 2.65. The summed E-state index contributed by atoms with van der Waals surface area (Å²) < 4.78 is 6.62. The van der Waals surface area contributed by atoms with E-state index in [-0.39, 0.29) is 6.10 Å². The van der Waals surface area contributed by atoms with E-state index in [0.717, 1.165) is 23.9 Å². The van der Waals surface area contributed by atoms with Crippen LogP contribution in [0.25, 0.3) is 0 Å². The Morgan fingerprint density at radius 2 is 1.85 bits per heavy atom. The van der Waals surface area contributed by atoms with Crippen LogP contribution in [0.2, 0.25) is 5.02 Å². The molecule has 138 valence electrons. The van der Waals surface area contributed by atoms with Gasteiger partial charge in [-0.2, -0.15) is 0 Å². The first-order chi connectivity index (χ1) is 12.8. The van der Waals surface area contributed by atoms with Crippen molar-refractivity contribution in [1.29, 1.82) is 0 Å². The van der Waals surface area contributed by atoms with Crippen LogP contribution >= 0.6 is 11.6 Å². The van der Waals surface area contributed by atoms with Gasteiger partial charge in [-0.3, -0.25) is 4.98 Å². The molecule has 1 saturated carbocycles. The number of aromatic nitrogens is 1. The van der Waals surface area contributed by atoms with Crippen LogP contribution in [0.1, 0.15) is 43.6 Å². The fraction of sp³-hybridized carbons (Fsp3) is 0.500. The average molecular weight is 371 g/mol. The molecule has 2 aromatic rings. The zero-order valence-corrected chi connectivity index (χ0v) is 15.9. The lowest BCUT2D eigenvalue weighted by Crippen LogP contribution is -2.45. The monoisotopic (exact) mass is 370 g/mol. The Morgan fingerprint density at radius 1 is 1.04 bits per heavy atom. The molecule has 4 rings (SSSR count). The Labute approximate surface area is 161 Å². The van der Waals surface area contributed by atoms with Gasteiger partial charge in [-0.25, -0.2) is 0 Å². The summed E-state index contributed by atoms with van der Waals surface area (Å²) in [6, 6.07) is 12.4. The SMILES string of the molecule is Clc1ccc(C(C2CCC2)C(Oc2cccnc2)C2CCCNC2)cc1. The van der Waals surface area contributed by atoms with Gasteiger partial charge in [-0.15, -0.1) is 0 Å². The molecule has 0 radical (unpaired) electrons. The standard InChI is InChI=1S/C22H27ClN2O/c23-19-10-8-17(9-11-19)21(16-4-1-5-16)22(18-6-2-12-24-14-18)26-20-7-3-13-25-15-20/h3,7-11,13,15-16,18,21-22,24H,1-2,4-6,12,14H2. The summed E-state index contributed by atoms with van der Waals surface area (Å²) in [4.78, 5) is 4.25. The Balaban J connectivity index is 1.66. The summed E-state index contributed by atoms with van der Waals surface area (Å²) in [5.41, 5.74) is 1.36. The van der Waals surface area contributed by atoms with Crippen LogP contribution in [0.4, 0.5) is 0 Å². The lowest BCUT2D eigenvalue weighted by molar-refractivity contribution is 0.0497. The van der Waals surface area contributed by atoms with E-state index in [0.29, 0.717) is 17.8 Å². The molecule has 2 fully saturated rings. The number of hydrogen-bond donors (Lipinski definition) is 1. The molecule has 2 heterocycles. The van der Waals surface area contributed by atoms with E-state index in [2.05, 4.69) is 22.4 Å². The molecule has 2 aliphatic rings. The first kappa shape index (κ1) is 17.8. The first-order valence-electron chi connectivity index (χ1n) is 9.84. The number of nitrogens with one attached hydrogen (secondary N) is 1. The number of hydrogen-bond acceptors (Lipinski definition) is 3. The maximum absolute atomic E-state index is 6.62. The molecular formula is C22H27ClN2O. The molecule has 3 unspecified atom stereocenters. The van der Waals surface area contributed by atoms with Crippen molar-refractivity contribution in [2.45, 2.75) is 44.1 Å². The minimum absolute atomic E-state index is 0.165. The smallest absolute Gasteiger partial charge is 0.138 e. The summed E-state index contributed by atoms with van der Waals surface area (Å²) in [6.45, 7) is 2.15. The zero-order chi connectivity index (χ0) is 17.8. The third kappa shape index (κ3) is 4.05. The largest absolute Gasteiger partial charge is 0.488 e. The second-order valence-corrected chi connectivity index (χ2v) is 8.08. The van der Waals surface area contributed by atoms with Crippen LogP contribution in [0.3, 0.4) is 0 Å². The molecule has 4 heteroatoms. The second-order valence-electron chi connectivity index (χ2n) is 7.65. The van der Waals surface area contributed by atoms with Gasteiger partial charge in [-0.05, 0) is 68.0 Å². The van der Waals surface area contributed by atoms with Crippen LogP contribution in [-0.4, -0.2) is 24.2 Å². The van der Waals surface area contributed by atoms with Crippen LogP contribution in [0, 0.1) is 11.8 Å². The van der Waals surface area contributed by atoms with Crippen LogP contribution in [-0.2, 0) is 0 Å². The Kier molecular flexibility index (Phi) is 5.76. The number of benzene rings is 1. The summed E-state index contributed by atoms with van der Waals surface area (Å²) in [6.07, 6.45) is 10.1. The van der Waals surface area contributed by atoms with Gasteiger partial charge < -0.3 is 10.1 Å². The molecular weight excluding hydrogens is 344 g/mol. The maximum atomic E-state index is 6.62. The molecule has 0 bridgehead atoms. The van der Waals surface area contributed by atoms with E-state index < -0.39 is 0 Å². The molecule has 26 heavy (non-hydrogen) atoms. The topological polar surface area (TPSA) is 34.1 Å². The fourth-order valence-electron chi connectivity index (χ4n) is 4.41. The second kappa shape index (κ2) is 8.41. The van der Waals surface area contributed by atoms with E-state index in [1.54, 1.807) is 6.20 Å². The Bertz CT molecular complexity index is 681. The molecule has 1 aromatic carbocycles. The molecule has 3 atom stereocenters. The predicted octanol–water partition coefficient (Wildman–Crippen LogP) is 5.07. The number of halogens is 1. The molecule has 1 N–H and O–H groups in total. The van der Waals surface area contributed by atoms with Crippen molar-refractivity contribution in [3.63, 3.8) is 0 Å². The van der Waals surface area contributed by atoms with Crippen LogP contribution in [0.5, 0.6) is 5.75 Å². The number of ether oxygens (including phenoxy) is 1. The molecule has 1 aliphatic carbocycles. The van der Waals surface area contributed by atoms with Gasteiger partial charge in [0.2, 0.25) is 0 Å². The first-order valence-corrected chi connectivity index (χ1v) is 10.2. The normalized spacial score (nSPS) is 23.0. The van der Waals surface area contributed by atoms with Crippen molar-refractivity contribution in [2.24, 2.45) is 11.8 Å². The van der Waals surface area contributed by atoms with Crippen molar-refractivity contribution >= 4 is 11.6 Å². The highest BCUT2D eigenvalue weighted by molar-refractivity contribution is 6.30. The van der Waals surface area contributed by atoms with E-state index in [4.69, 9.17) is 16.3 Å². The van der Waals surface area contributed by atoms with Crippen molar-refractivity contribution in [1.82, 2.24) is 10.3 Å². The molecule has 1 aromatic heterocycles. The van der Waals surface area contributed by atoms with Gasteiger partial charge in [-0.1, -0.05) is 30.2 Å². The van der Waals surface area contributed by atoms with Gasteiger partial charge in [0.1, 0.15) is 11.9 Å². The highest BCUT2D eigenvalue weighted by Gasteiger charge is 2.40. The lowest BCUT2D eigenvalue weighted by atomic mass is 9.67. The van der Waals surface area contributed by atoms with Crippen molar-refractivity contribution in [2.75, 3.05) is 13.1 Å². The highest BCUT2D eigenvalue weighted by atomic mass is 35.5. The van der Waals surface area contributed by atoms with Crippen LogP contribution < -0.4 is 10.1 Å². The molecule has 1 saturated heterocycles. The number of pyridine rings is 1. The van der Waals surface area contributed by atoms with Gasteiger partial charge >= 0.3 is 0 Å². The van der Waals surface area contributed by atoms with E-state index in [1.807, 2.05) is 30.5 Å². The zero-order valence-electron chi connectivity index (χ0n) is 15.1. The quantitative estimate of drug-likeness (QED) is 0.771.